The Hall–Kier alpha value is -3.79. The highest BCUT2D eigenvalue weighted by Crippen LogP contribution is 2.30. The Balaban J connectivity index is 1.15. The van der Waals surface area contributed by atoms with E-state index in [1.165, 1.54) is 6.26 Å². The van der Waals surface area contributed by atoms with Crippen molar-refractivity contribution in [1.82, 2.24) is 10.2 Å². The van der Waals surface area contributed by atoms with Gasteiger partial charge < -0.3 is 24.0 Å². The van der Waals surface area contributed by atoms with Crippen LogP contribution in [0.15, 0.2) is 81.8 Å². The van der Waals surface area contributed by atoms with E-state index in [1.54, 1.807) is 53.4 Å². The van der Waals surface area contributed by atoms with E-state index in [4.69, 9.17) is 44.3 Å². The summed E-state index contributed by atoms with van der Waals surface area (Å²) in [5.41, 5.74) is 2.23. The first-order valence-corrected chi connectivity index (χ1v) is 12.9. The van der Waals surface area contributed by atoms with Crippen LogP contribution in [0.4, 0.5) is 11.4 Å². The fraction of sp³-hybridized carbons (Fsp3) is 0.148. The number of anilines is 2. The predicted molar refractivity (Wildman–Crippen MR) is 151 cm³/mol. The molecule has 2 aromatic carbocycles. The van der Waals surface area contributed by atoms with E-state index in [0.29, 0.717) is 53.4 Å². The van der Waals surface area contributed by atoms with Crippen LogP contribution in [0.2, 0.25) is 10.0 Å². The Kier molecular flexibility index (Phi) is 7.69. The molecule has 38 heavy (non-hydrogen) atoms. The summed E-state index contributed by atoms with van der Waals surface area (Å²) in [6.45, 7) is 2.37. The number of benzene rings is 2. The van der Waals surface area contributed by atoms with Crippen molar-refractivity contribution < 1.29 is 18.4 Å². The van der Waals surface area contributed by atoms with Gasteiger partial charge in [-0.25, -0.2) is 0 Å². The summed E-state index contributed by atoms with van der Waals surface area (Å²) >= 11 is 17.9. The molecule has 0 saturated carbocycles. The predicted octanol–water partition coefficient (Wildman–Crippen LogP) is 5.94. The maximum Gasteiger partial charge on any atom is 0.293 e. The molecule has 3 heterocycles. The van der Waals surface area contributed by atoms with Crippen LogP contribution in [0.3, 0.4) is 0 Å². The van der Waals surface area contributed by atoms with Crippen molar-refractivity contribution in [3.05, 3.63) is 94.6 Å². The third-order valence-electron chi connectivity index (χ3n) is 6.01. The van der Waals surface area contributed by atoms with Crippen molar-refractivity contribution in [1.29, 1.82) is 0 Å². The van der Waals surface area contributed by atoms with Crippen molar-refractivity contribution in [3.63, 3.8) is 0 Å². The number of furan rings is 2. The van der Waals surface area contributed by atoms with Crippen LogP contribution in [0.25, 0.3) is 11.3 Å². The zero-order valence-electron chi connectivity index (χ0n) is 19.9. The van der Waals surface area contributed by atoms with Gasteiger partial charge in [0.15, 0.2) is 16.6 Å². The molecule has 11 heteroatoms. The van der Waals surface area contributed by atoms with Crippen LogP contribution in [0.5, 0.6) is 0 Å². The Morgan fingerprint density at radius 1 is 0.895 bits per heavy atom. The summed E-state index contributed by atoms with van der Waals surface area (Å²) < 4.78 is 10.9. The van der Waals surface area contributed by atoms with E-state index >= 15 is 0 Å². The van der Waals surface area contributed by atoms with E-state index < -0.39 is 5.91 Å². The van der Waals surface area contributed by atoms with Gasteiger partial charge in [-0.2, -0.15) is 0 Å². The van der Waals surface area contributed by atoms with Gasteiger partial charge in [0.25, 0.3) is 11.8 Å². The zero-order valence-corrected chi connectivity index (χ0v) is 22.3. The fourth-order valence-corrected chi connectivity index (χ4v) is 4.83. The van der Waals surface area contributed by atoms with Gasteiger partial charge in [-0.3, -0.25) is 14.9 Å². The third kappa shape index (κ3) is 5.85. The first-order valence-electron chi connectivity index (χ1n) is 11.7. The molecule has 2 N–H and O–H groups in total. The summed E-state index contributed by atoms with van der Waals surface area (Å²) in [7, 11) is 0. The van der Waals surface area contributed by atoms with Crippen LogP contribution in [0.1, 0.15) is 21.1 Å². The summed E-state index contributed by atoms with van der Waals surface area (Å²) in [4.78, 5) is 29.0. The van der Waals surface area contributed by atoms with Gasteiger partial charge in [0.2, 0.25) is 0 Å². The molecule has 0 atom stereocenters. The summed E-state index contributed by atoms with van der Waals surface area (Å²) in [5, 5.41) is 6.77. The lowest BCUT2D eigenvalue weighted by atomic mass is 10.2. The van der Waals surface area contributed by atoms with Gasteiger partial charge in [-0.05, 0) is 66.8 Å². The van der Waals surface area contributed by atoms with Crippen LogP contribution in [-0.4, -0.2) is 48.0 Å². The lowest BCUT2D eigenvalue weighted by Crippen LogP contribution is -2.48. The third-order valence-corrected chi connectivity index (χ3v) is 6.75. The molecule has 8 nitrogen and oxygen atoms in total. The number of nitrogens with zero attached hydrogens (tertiary/aromatic N) is 2. The normalized spacial score (nSPS) is 13.3. The second-order valence-corrected chi connectivity index (χ2v) is 9.76. The molecule has 0 aliphatic carbocycles. The van der Waals surface area contributed by atoms with Crippen molar-refractivity contribution in [2.75, 3.05) is 36.4 Å². The van der Waals surface area contributed by atoms with E-state index in [0.717, 1.165) is 11.3 Å². The summed E-state index contributed by atoms with van der Waals surface area (Å²) in [6, 6.07) is 19.2. The minimum atomic E-state index is -0.486. The smallest absolute Gasteiger partial charge is 0.293 e. The molecule has 1 fully saturated rings. The number of hydrogen-bond donors (Lipinski definition) is 2. The summed E-state index contributed by atoms with van der Waals surface area (Å²) in [6.07, 6.45) is 1.49. The number of carbonyl (C=O) groups excluding carboxylic acids is 2. The van der Waals surface area contributed by atoms with Gasteiger partial charge >= 0.3 is 0 Å². The molecule has 1 aliphatic rings. The largest absolute Gasteiger partial charge is 0.459 e. The van der Waals surface area contributed by atoms with Crippen LogP contribution in [0, 0.1) is 0 Å². The maximum absolute atomic E-state index is 12.6. The highest BCUT2D eigenvalue weighted by atomic mass is 35.5. The zero-order chi connectivity index (χ0) is 26.6. The van der Waals surface area contributed by atoms with Crippen molar-refractivity contribution in [3.8, 4) is 11.3 Å². The van der Waals surface area contributed by atoms with E-state index in [-0.39, 0.29) is 16.8 Å². The first-order chi connectivity index (χ1) is 18.4. The molecular formula is C27H22Cl2N4O4S. The van der Waals surface area contributed by atoms with E-state index in [1.807, 2.05) is 18.2 Å². The second-order valence-electron chi connectivity index (χ2n) is 8.51. The highest BCUT2D eigenvalue weighted by molar-refractivity contribution is 7.80. The van der Waals surface area contributed by atoms with Crippen molar-refractivity contribution in [2.45, 2.75) is 0 Å². The summed E-state index contributed by atoms with van der Waals surface area (Å²) in [5.74, 6) is 0.363. The number of amides is 2. The van der Waals surface area contributed by atoms with Crippen molar-refractivity contribution in [2.24, 2.45) is 0 Å². The van der Waals surface area contributed by atoms with Gasteiger partial charge in [-0.1, -0.05) is 35.3 Å². The van der Waals surface area contributed by atoms with E-state index in [9.17, 15) is 9.59 Å². The Morgan fingerprint density at radius 3 is 2.42 bits per heavy atom. The standard InChI is InChI=1S/C27H22Cl2N4O4S/c28-18-4-1-3-17(15-18)22-8-9-23(37-22)25(34)31-27(38)30-19-6-7-21(20(29)16-19)32-10-12-33(13-11-32)26(35)24-5-2-14-36-24/h1-9,14-16H,10-13H2,(H2,30,31,34,38). The lowest BCUT2D eigenvalue weighted by molar-refractivity contribution is 0.0714. The maximum atomic E-state index is 12.6. The molecule has 4 aromatic rings. The molecule has 1 saturated heterocycles. The topological polar surface area (TPSA) is 91.0 Å². The monoisotopic (exact) mass is 568 g/mol. The molecule has 0 radical (unpaired) electrons. The average Bonchev–Trinajstić information content (AvgIpc) is 3.62. The number of halogens is 2. The molecular weight excluding hydrogens is 547 g/mol. The number of carbonyl (C=O) groups is 2. The molecule has 2 aromatic heterocycles. The van der Waals surface area contributed by atoms with Gasteiger partial charge in [0, 0.05) is 42.5 Å². The van der Waals surface area contributed by atoms with Gasteiger partial charge in [0.05, 0.1) is 17.0 Å². The molecule has 0 spiro atoms. The minimum Gasteiger partial charge on any atom is -0.459 e. The number of hydrogen-bond acceptors (Lipinski definition) is 6. The quantitative estimate of drug-likeness (QED) is 0.288. The highest BCUT2D eigenvalue weighted by Gasteiger charge is 2.25. The molecule has 0 bridgehead atoms. The van der Waals surface area contributed by atoms with Gasteiger partial charge in [0.1, 0.15) is 5.76 Å². The Bertz CT molecular complexity index is 1480. The van der Waals surface area contributed by atoms with E-state index in [2.05, 4.69) is 15.5 Å². The first kappa shape index (κ1) is 25.8. The van der Waals surface area contributed by atoms with Crippen LogP contribution < -0.4 is 15.5 Å². The van der Waals surface area contributed by atoms with Crippen molar-refractivity contribution >= 4 is 63.7 Å². The molecule has 5 rings (SSSR count). The van der Waals surface area contributed by atoms with Crippen LogP contribution >= 0.6 is 35.4 Å². The van der Waals surface area contributed by atoms with Gasteiger partial charge in [-0.15, -0.1) is 0 Å². The number of rotatable bonds is 5. The van der Waals surface area contributed by atoms with Crippen LogP contribution in [-0.2, 0) is 0 Å². The fourth-order valence-electron chi connectivity index (χ4n) is 4.13. The second kappa shape index (κ2) is 11.3. The number of nitrogens with one attached hydrogen (secondary N) is 2. The lowest BCUT2D eigenvalue weighted by Gasteiger charge is -2.36. The molecule has 0 unspecified atom stereocenters. The number of piperazine rings is 1. The molecule has 2 amide bonds. The Morgan fingerprint density at radius 2 is 1.71 bits per heavy atom. The average molecular weight is 569 g/mol. The molecule has 1 aliphatic heterocycles. The minimum absolute atomic E-state index is 0.101. The number of thiocarbonyl (C=S) groups is 1. The molecule has 194 valence electrons. The SMILES string of the molecule is O=C(NC(=S)Nc1ccc(N2CCN(C(=O)c3ccco3)CC2)c(Cl)c1)c1ccc(-c2cccc(Cl)c2)o1. The Labute approximate surface area is 234 Å².